The molecule has 0 aromatic heterocycles. The SMILES string of the molecule is CC(=NNC(=O)C(=O)Nc1c(C)cccc1C)c1ccccc1OC(=O)c1ccccc1C. The number of nitrogens with one attached hydrogen (secondary N) is 2. The fourth-order valence-corrected chi connectivity index (χ4v) is 3.24. The van der Waals surface area contributed by atoms with Crippen LogP contribution >= 0.6 is 0 Å². The van der Waals surface area contributed by atoms with Gasteiger partial charge in [-0.3, -0.25) is 9.59 Å². The van der Waals surface area contributed by atoms with E-state index < -0.39 is 17.8 Å². The van der Waals surface area contributed by atoms with Crippen LogP contribution in [0.4, 0.5) is 5.69 Å². The van der Waals surface area contributed by atoms with Crippen molar-refractivity contribution in [2.24, 2.45) is 5.10 Å². The third kappa shape index (κ3) is 5.71. The number of carbonyl (C=O) groups excluding carboxylic acids is 3. The fraction of sp³-hybridized carbons (Fsp3) is 0.154. The van der Waals surface area contributed by atoms with Crippen LogP contribution in [0.2, 0.25) is 0 Å². The number of hydrogen-bond donors (Lipinski definition) is 2. The summed E-state index contributed by atoms with van der Waals surface area (Å²) in [4.78, 5) is 37.2. The van der Waals surface area contributed by atoms with E-state index in [4.69, 9.17) is 4.74 Å². The zero-order valence-electron chi connectivity index (χ0n) is 18.9. The van der Waals surface area contributed by atoms with Gasteiger partial charge in [-0.15, -0.1) is 0 Å². The third-order valence-corrected chi connectivity index (χ3v) is 5.10. The monoisotopic (exact) mass is 443 g/mol. The summed E-state index contributed by atoms with van der Waals surface area (Å²) in [5.41, 5.74) is 6.68. The topological polar surface area (TPSA) is 96.9 Å². The van der Waals surface area contributed by atoms with Crippen molar-refractivity contribution in [1.82, 2.24) is 5.43 Å². The Hall–Kier alpha value is -4.26. The van der Waals surface area contributed by atoms with E-state index in [9.17, 15) is 14.4 Å². The van der Waals surface area contributed by atoms with Gasteiger partial charge in [-0.25, -0.2) is 10.2 Å². The lowest BCUT2D eigenvalue weighted by Crippen LogP contribution is -2.33. The maximum atomic E-state index is 12.6. The highest BCUT2D eigenvalue weighted by molar-refractivity contribution is 6.39. The summed E-state index contributed by atoms with van der Waals surface area (Å²) in [6.07, 6.45) is 0. The number of nitrogens with zero attached hydrogens (tertiary/aromatic N) is 1. The Bertz CT molecular complexity index is 1230. The molecule has 0 atom stereocenters. The number of anilines is 1. The lowest BCUT2D eigenvalue weighted by molar-refractivity contribution is -0.136. The zero-order valence-corrected chi connectivity index (χ0v) is 18.9. The van der Waals surface area contributed by atoms with Crippen LogP contribution in [0.5, 0.6) is 5.75 Å². The van der Waals surface area contributed by atoms with E-state index in [-0.39, 0.29) is 0 Å². The van der Waals surface area contributed by atoms with Crippen molar-refractivity contribution in [3.8, 4) is 5.75 Å². The van der Waals surface area contributed by atoms with Crippen molar-refractivity contribution >= 4 is 29.2 Å². The first-order chi connectivity index (χ1) is 15.8. The van der Waals surface area contributed by atoms with Gasteiger partial charge in [0, 0.05) is 11.3 Å². The molecule has 0 radical (unpaired) electrons. The summed E-state index contributed by atoms with van der Waals surface area (Å²) in [7, 11) is 0. The highest BCUT2D eigenvalue weighted by atomic mass is 16.5. The predicted molar refractivity (Wildman–Crippen MR) is 127 cm³/mol. The largest absolute Gasteiger partial charge is 0.422 e. The minimum absolute atomic E-state index is 0.293. The molecule has 0 heterocycles. The van der Waals surface area contributed by atoms with Gasteiger partial charge >= 0.3 is 17.8 Å². The van der Waals surface area contributed by atoms with Gasteiger partial charge in [0.1, 0.15) is 5.75 Å². The Morgan fingerprint density at radius 3 is 1.97 bits per heavy atom. The Balaban J connectivity index is 1.72. The first kappa shape index (κ1) is 23.4. The summed E-state index contributed by atoms with van der Waals surface area (Å²) in [5.74, 6) is -1.94. The molecule has 3 aromatic carbocycles. The number of aryl methyl sites for hydroxylation is 3. The second-order valence-corrected chi connectivity index (χ2v) is 7.56. The average molecular weight is 444 g/mol. The van der Waals surface area contributed by atoms with Crippen LogP contribution in [-0.4, -0.2) is 23.5 Å². The molecule has 0 spiro atoms. The molecular weight excluding hydrogens is 418 g/mol. The molecule has 3 aromatic rings. The molecule has 2 N–H and O–H groups in total. The van der Waals surface area contributed by atoms with Crippen LogP contribution in [0.15, 0.2) is 71.8 Å². The molecule has 7 heteroatoms. The molecule has 0 unspecified atom stereocenters. The van der Waals surface area contributed by atoms with Gasteiger partial charge in [-0.1, -0.05) is 48.5 Å². The van der Waals surface area contributed by atoms with Crippen LogP contribution in [0.25, 0.3) is 0 Å². The Morgan fingerprint density at radius 2 is 1.30 bits per heavy atom. The van der Waals surface area contributed by atoms with Crippen molar-refractivity contribution in [3.05, 3.63) is 94.5 Å². The van der Waals surface area contributed by atoms with E-state index >= 15 is 0 Å². The lowest BCUT2D eigenvalue weighted by atomic mass is 10.1. The summed E-state index contributed by atoms with van der Waals surface area (Å²) >= 11 is 0. The molecule has 7 nitrogen and oxygen atoms in total. The maximum absolute atomic E-state index is 12.6. The number of hydrazone groups is 1. The predicted octanol–water partition coefficient (Wildman–Crippen LogP) is 4.31. The first-order valence-corrected chi connectivity index (χ1v) is 10.4. The van der Waals surface area contributed by atoms with Crippen molar-refractivity contribution < 1.29 is 19.1 Å². The first-order valence-electron chi connectivity index (χ1n) is 10.4. The number of para-hydroxylation sites is 2. The Morgan fingerprint density at radius 1 is 0.727 bits per heavy atom. The number of ether oxygens (including phenoxy) is 1. The second kappa shape index (κ2) is 10.4. The van der Waals surface area contributed by atoms with Crippen molar-refractivity contribution in [2.75, 3.05) is 5.32 Å². The molecule has 0 saturated heterocycles. The van der Waals surface area contributed by atoms with E-state index in [0.717, 1.165) is 16.7 Å². The number of hydrogen-bond acceptors (Lipinski definition) is 5. The van der Waals surface area contributed by atoms with Crippen molar-refractivity contribution in [3.63, 3.8) is 0 Å². The average Bonchev–Trinajstić information content (AvgIpc) is 2.80. The molecule has 0 fully saturated rings. The quantitative estimate of drug-likeness (QED) is 0.202. The molecule has 3 rings (SSSR count). The molecule has 0 aliphatic heterocycles. The maximum Gasteiger partial charge on any atom is 0.343 e. The molecule has 168 valence electrons. The summed E-state index contributed by atoms with van der Waals surface area (Å²) < 4.78 is 5.58. The number of rotatable bonds is 5. The van der Waals surface area contributed by atoms with E-state index in [1.54, 1.807) is 43.3 Å². The van der Waals surface area contributed by atoms with Crippen LogP contribution < -0.4 is 15.5 Å². The standard InChI is InChI=1S/C26H25N3O4/c1-16-10-5-6-13-20(16)26(32)33-22-15-8-7-14-21(22)19(4)28-29-25(31)24(30)27-23-17(2)11-9-12-18(23)3/h5-15H,1-4H3,(H,27,30)(H,29,31). The second-order valence-electron chi connectivity index (χ2n) is 7.56. The minimum atomic E-state index is -0.911. The fourth-order valence-electron chi connectivity index (χ4n) is 3.24. The molecular formula is C26H25N3O4. The van der Waals surface area contributed by atoms with Crippen LogP contribution in [0.3, 0.4) is 0 Å². The van der Waals surface area contributed by atoms with Crippen molar-refractivity contribution in [1.29, 1.82) is 0 Å². The van der Waals surface area contributed by atoms with Gasteiger partial charge in [0.2, 0.25) is 0 Å². The van der Waals surface area contributed by atoms with Crippen molar-refractivity contribution in [2.45, 2.75) is 27.7 Å². The molecule has 2 amide bonds. The van der Waals surface area contributed by atoms with Gasteiger partial charge in [-0.2, -0.15) is 5.10 Å². The summed E-state index contributed by atoms with van der Waals surface area (Å²) in [6.45, 7) is 7.16. The lowest BCUT2D eigenvalue weighted by Gasteiger charge is -2.12. The van der Waals surface area contributed by atoms with Gasteiger partial charge in [0.05, 0.1) is 11.3 Å². The van der Waals surface area contributed by atoms with Gasteiger partial charge < -0.3 is 10.1 Å². The smallest absolute Gasteiger partial charge is 0.343 e. The third-order valence-electron chi connectivity index (χ3n) is 5.10. The molecule has 0 aliphatic carbocycles. The Labute approximate surface area is 192 Å². The van der Waals surface area contributed by atoms with Crippen LogP contribution in [0.1, 0.15) is 39.5 Å². The number of benzene rings is 3. The summed E-state index contributed by atoms with van der Waals surface area (Å²) in [5, 5.41) is 6.64. The van der Waals surface area contributed by atoms with Crippen LogP contribution in [-0.2, 0) is 9.59 Å². The van der Waals surface area contributed by atoms with Gasteiger partial charge in [-0.05, 0) is 62.6 Å². The number of esters is 1. The normalized spacial score (nSPS) is 11.0. The molecule has 0 bridgehead atoms. The molecule has 0 aliphatic rings. The Kier molecular flexibility index (Phi) is 7.35. The highest BCUT2D eigenvalue weighted by Gasteiger charge is 2.17. The number of amides is 2. The summed E-state index contributed by atoms with van der Waals surface area (Å²) in [6, 6.07) is 19.5. The van der Waals surface area contributed by atoms with Crippen LogP contribution in [0, 0.1) is 20.8 Å². The van der Waals surface area contributed by atoms with E-state index in [0.29, 0.717) is 28.3 Å². The van der Waals surface area contributed by atoms with Gasteiger partial charge in [0.25, 0.3) is 0 Å². The van der Waals surface area contributed by atoms with E-state index in [2.05, 4.69) is 15.8 Å². The van der Waals surface area contributed by atoms with E-state index in [1.165, 1.54) is 0 Å². The van der Waals surface area contributed by atoms with Gasteiger partial charge in [0.15, 0.2) is 0 Å². The molecule has 33 heavy (non-hydrogen) atoms. The molecule has 0 saturated carbocycles. The number of carbonyl (C=O) groups is 3. The highest BCUT2D eigenvalue weighted by Crippen LogP contribution is 2.21. The minimum Gasteiger partial charge on any atom is -0.422 e. The zero-order chi connectivity index (χ0) is 24.0. The van der Waals surface area contributed by atoms with E-state index in [1.807, 2.05) is 51.1 Å².